The van der Waals surface area contributed by atoms with Crippen LogP contribution in [-0.4, -0.2) is 11.1 Å². The Morgan fingerprint density at radius 3 is 0.707 bits per heavy atom. The van der Waals surface area contributed by atoms with Gasteiger partial charge >= 0.3 is 5.97 Å². The zero-order valence-electron chi connectivity index (χ0n) is 28.9. The third-order valence-corrected chi connectivity index (χ3v) is 9.68. The molecule has 0 saturated heterocycles. The first-order chi connectivity index (χ1) is 20.1. The van der Waals surface area contributed by atoms with Gasteiger partial charge in [0.1, 0.15) is 0 Å². The highest BCUT2D eigenvalue weighted by atomic mass is 16.4. The number of unbranched alkanes of at least 4 members (excludes halogenated alkanes) is 30. The second-order valence-corrected chi connectivity index (χ2v) is 14.0. The van der Waals surface area contributed by atoms with Gasteiger partial charge in [0.05, 0.1) is 5.41 Å². The van der Waals surface area contributed by atoms with Crippen molar-refractivity contribution in [2.45, 2.75) is 239 Å². The molecule has 0 aliphatic heterocycles. The van der Waals surface area contributed by atoms with Crippen LogP contribution in [0.5, 0.6) is 0 Å². The molecule has 0 unspecified atom stereocenters. The zero-order chi connectivity index (χ0) is 30.1. The Morgan fingerprint density at radius 2 is 0.537 bits per heavy atom. The van der Waals surface area contributed by atoms with Crippen molar-refractivity contribution in [3.8, 4) is 0 Å². The largest absolute Gasteiger partial charge is 0.481 e. The molecule has 0 spiro atoms. The molecule has 0 aliphatic rings. The van der Waals surface area contributed by atoms with Crippen LogP contribution in [0.25, 0.3) is 0 Å². The van der Waals surface area contributed by atoms with E-state index < -0.39 is 11.4 Å². The van der Waals surface area contributed by atoms with E-state index in [1.165, 1.54) is 193 Å². The first-order valence-corrected chi connectivity index (χ1v) is 19.3. The number of rotatable bonds is 35. The summed E-state index contributed by atoms with van der Waals surface area (Å²) in [5, 5.41) is 9.88. The van der Waals surface area contributed by atoms with Gasteiger partial charge in [-0.1, -0.05) is 219 Å². The third kappa shape index (κ3) is 29.3. The Labute approximate surface area is 260 Å². The minimum absolute atomic E-state index is 0.508. The van der Waals surface area contributed by atoms with Gasteiger partial charge in [0, 0.05) is 0 Å². The van der Waals surface area contributed by atoms with Gasteiger partial charge in [-0.05, 0) is 19.8 Å². The van der Waals surface area contributed by atoms with E-state index in [4.69, 9.17) is 0 Å². The minimum Gasteiger partial charge on any atom is -0.481 e. The molecule has 0 heterocycles. The Morgan fingerprint density at radius 1 is 0.366 bits per heavy atom. The number of carboxylic acid groups (broad SMARTS) is 1. The average molecular weight is 579 g/mol. The molecule has 0 bridgehead atoms. The van der Waals surface area contributed by atoms with Crippen molar-refractivity contribution < 1.29 is 9.90 Å². The Hall–Kier alpha value is -0.530. The highest BCUT2D eigenvalue weighted by Gasteiger charge is 2.31. The van der Waals surface area contributed by atoms with Gasteiger partial charge in [0.25, 0.3) is 0 Å². The summed E-state index contributed by atoms with van der Waals surface area (Å²) in [6.07, 6.45) is 45.5. The SMILES string of the molecule is CCCCCCCCCCCCCCCCCCC(C)(CCCCCCCCCCCCCCCCCC)C(=O)O. The first-order valence-electron chi connectivity index (χ1n) is 19.3. The second-order valence-electron chi connectivity index (χ2n) is 14.0. The fourth-order valence-corrected chi connectivity index (χ4v) is 6.47. The van der Waals surface area contributed by atoms with Crippen LogP contribution in [0.1, 0.15) is 239 Å². The van der Waals surface area contributed by atoms with Crippen LogP contribution in [0.2, 0.25) is 0 Å². The number of hydrogen-bond acceptors (Lipinski definition) is 1. The molecule has 0 fully saturated rings. The van der Waals surface area contributed by atoms with E-state index in [1.807, 2.05) is 6.92 Å². The van der Waals surface area contributed by atoms with Crippen LogP contribution in [-0.2, 0) is 4.79 Å². The van der Waals surface area contributed by atoms with Crippen LogP contribution in [0.15, 0.2) is 0 Å². The Bertz CT molecular complexity index is 478. The monoisotopic (exact) mass is 579 g/mol. The summed E-state index contributed by atoms with van der Waals surface area (Å²) in [7, 11) is 0. The van der Waals surface area contributed by atoms with Gasteiger partial charge < -0.3 is 5.11 Å². The number of aliphatic carboxylic acids is 1. The maximum Gasteiger partial charge on any atom is 0.309 e. The second kappa shape index (κ2) is 32.4. The van der Waals surface area contributed by atoms with Gasteiger partial charge in [-0.2, -0.15) is 0 Å². The molecule has 0 aromatic heterocycles. The maximum absolute atomic E-state index is 12.0. The molecule has 0 rings (SSSR count). The third-order valence-electron chi connectivity index (χ3n) is 9.68. The van der Waals surface area contributed by atoms with Crippen molar-refractivity contribution in [1.29, 1.82) is 0 Å². The lowest BCUT2D eigenvalue weighted by Crippen LogP contribution is -2.27. The number of carbonyl (C=O) groups is 1. The lowest BCUT2D eigenvalue weighted by Gasteiger charge is -2.24. The molecule has 246 valence electrons. The summed E-state index contributed by atoms with van der Waals surface area (Å²) < 4.78 is 0. The van der Waals surface area contributed by atoms with E-state index in [9.17, 15) is 9.90 Å². The fraction of sp³-hybridized carbons (Fsp3) is 0.974. The van der Waals surface area contributed by atoms with E-state index in [0.717, 1.165) is 25.7 Å². The summed E-state index contributed by atoms with van der Waals surface area (Å²) in [6, 6.07) is 0. The zero-order valence-corrected chi connectivity index (χ0v) is 28.9. The summed E-state index contributed by atoms with van der Waals surface area (Å²) in [4.78, 5) is 12.0. The molecular weight excluding hydrogens is 500 g/mol. The van der Waals surface area contributed by atoms with Crippen LogP contribution in [0, 0.1) is 5.41 Å². The van der Waals surface area contributed by atoms with Gasteiger partial charge in [-0.15, -0.1) is 0 Å². The smallest absolute Gasteiger partial charge is 0.309 e. The lowest BCUT2D eigenvalue weighted by molar-refractivity contribution is -0.149. The highest BCUT2D eigenvalue weighted by Crippen LogP contribution is 2.32. The van der Waals surface area contributed by atoms with Crippen molar-refractivity contribution in [2.75, 3.05) is 0 Å². The first kappa shape index (κ1) is 40.5. The highest BCUT2D eigenvalue weighted by molar-refractivity contribution is 5.74. The molecule has 0 atom stereocenters. The van der Waals surface area contributed by atoms with Crippen molar-refractivity contribution >= 4 is 5.97 Å². The minimum atomic E-state index is -0.570. The number of hydrogen-bond donors (Lipinski definition) is 1. The predicted molar refractivity (Wildman–Crippen MR) is 184 cm³/mol. The van der Waals surface area contributed by atoms with E-state index in [1.54, 1.807) is 0 Å². The normalized spacial score (nSPS) is 11.9. The molecule has 0 aromatic carbocycles. The van der Waals surface area contributed by atoms with Crippen LogP contribution < -0.4 is 0 Å². The van der Waals surface area contributed by atoms with Crippen LogP contribution >= 0.6 is 0 Å². The average Bonchev–Trinajstić information content (AvgIpc) is 2.96. The number of carboxylic acids is 1. The summed E-state index contributed by atoms with van der Waals surface area (Å²) >= 11 is 0. The maximum atomic E-state index is 12.0. The molecule has 0 radical (unpaired) electrons. The Kier molecular flexibility index (Phi) is 32.0. The van der Waals surface area contributed by atoms with Gasteiger partial charge in [-0.25, -0.2) is 0 Å². The van der Waals surface area contributed by atoms with Crippen molar-refractivity contribution in [1.82, 2.24) is 0 Å². The van der Waals surface area contributed by atoms with E-state index in [-0.39, 0.29) is 0 Å². The molecule has 0 aliphatic carbocycles. The van der Waals surface area contributed by atoms with Crippen LogP contribution in [0.4, 0.5) is 0 Å². The summed E-state index contributed by atoms with van der Waals surface area (Å²) in [6.45, 7) is 6.59. The molecule has 41 heavy (non-hydrogen) atoms. The standard InChI is InChI=1S/C39H78O2/c1-4-6-8-10-12-14-16-18-20-22-24-26-28-30-32-34-36-39(3,38(40)41)37-35-33-31-29-27-25-23-21-19-17-15-13-11-9-7-5-2/h4-37H2,1-3H3,(H,40,41). The van der Waals surface area contributed by atoms with E-state index in [0.29, 0.717) is 0 Å². The van der Waals surface area contributed by atoms with Crippen molar-refractivity contribution in [2.24, 2.45) is 5.41 Å². The predicted octanol–water partition coefficient (Wildman–Crippen LogP) is 14.4. The van der Waals surface area contributed by atoms with Crippen molar-refractivity contribution in [3.05, 3.63) is 0 Å². The van der Waals surface area contributed by atoms with Gasteiger partial charge in [0.15, 0.2) is 0 Å². The molecule has 1 N–H and O–H groups in total. The summed E-state index contributed by atoms with van der Waals surface area (Å²) in [5.74, 6) is -0.570. The van der Waals surface area contributed by atoms with E-state index >= 15 is 0 Å². The topological polar surface area (TPSA) is 37.3 Å². The van der Waals surface area contributed by atoms with Crippen LogP contribution in [0.3, 0.4) is 0 Å². The van der Waals surface area contributed by atoms with E-state index in [2.05, 4.69) is 13.8 Å². The fourth-order valence-electron chi connectivity index (χ4n) is 6.47. The quantitative estimate of drug-likeness (QED) is 0.0759. The van der Waals surface area contributed by atoms with Gasteiger partial charge in [-0.3, -0.25) is 4.79 Å². The Balaban J connectivity index is 3.51. The van der Waals surface area contributed by atoms with Gasteiger partial charge in [0.2, 0.25) is 0 Å². The molecule has 2 heteroatoms. The molecule has 0 amide bonds. The molecule has 2 nitrogen and oxygen atoms in total. The summed E-state index contributed by atoms with van der Waals surface area (Å²) in [5.41, 5.74) is -0.508. The lowest BCUT2D eigenvalue weighted by atomic mass is 9.80. The molecule has 0 aromatic rings. The molecule has 0 saturated carbocycles. The van der Waals surface area contributed by atoms with Crippen molar-refractivity contribution in [3.63, 3.8) is 0 Å². The molecular formula is C39H78O2.